The minimum Gasteiger partial charge on any atom is -0.312 e. The van der Waals surface area contributed by atoms with E-state index in [0.29, 0.717) is 10.5 Å². The number of nitrogens with one attached hydrogen (secondary N) is 1. The Morgan fingerprint density at radius 3 is 2.45 bits per heavy atom. The number of nitriles is 1. The number of carbonyl (C=O) groups is 2. The normalized spacial score (nSPS) is 19.4. The number of nitrogens with zero attached hydrogens (tertiary/aromatic N) is 3. The molecule has 3 amide bonds. The second kappa shape index (κ2) is 7.56. The molecular formula is C20H17F3N4O2. The van der Waals surface area contributed by atoms with Gasteiger partial charge in [-0.15, -0.1) is 0 Å². The van der Waals surface area contributed by atoms with Crippen LogP contribution in [0.5, 0.6) is 0 Å². The van der Waals surface area contributed by atoms with Crippen molar-refractivity contribution in [3.8, 4) is 6.07 Å². The minimum absolute atomic E-state index is 0.233. The highest BCUT2D eigenvalue weighted by Gasteiger charge is 2.68. The maximum atomic E-state index is 14.0. The predicted octanol–water partition coefficient (Wildman–Crippen LogP) is 2.96. The highest BCUT2D eigenvalue weighted by Crippen LogP contribution is 2.43. The topological polar surface area (TPSA) is 76.4 Å². The smallest absolute Gasteiger partial charge is 0.312 e. The number of benzene rings is 2. The zero-order chi connectivity index (χ0) is 21.2. The first-order valence-electron chi connectivity index (χ1n) is 8.63. The van der Waals surface area contributed by atoms with Gasteiger partial charge >= 0.3 is 12.2 Å². The van der Waals surface area contributed by atoms with E-state index in [4.69, 9.17) is 5.26 Å². The van der Waals surface area contributed by atoms with E-state index >= 15 is 0 Å². The van der Waals surface area contributed by atoms with Crippen molar-refractivity contribution in [3.05, 3.63) is 71.3 Å². The van der Waals surface area contributed by atoms with E-state index in [2.05, 4.69) is 0 Å². The molecule has 1 aliphatic heterocycles. The molecule has 2 aromatic carbocycles. The van der Waals surface area contributed by atoms with Gasteiger partial charge in [0.2, 0.25) is 5.54 Å². The second-order valence-electron chi connectivity index (χ2n) is 6.74. The Kier molecular flexibility index (Phi) is 5.31. The summed E-state index contributed by atoms with van der Waals surface area (Å²) in [6.45, 7) is -0.108. The van der Waals surface area contributed by atoms with Crippen molar-refractivity contribution in [2.45, 2.75) is 18.3 Å². The molecule has 9 heteroatoms. The van der Waals surface area contributed by atoms with Crippen LogP contribution in [0, 0.1) is 11.3 Å². The van der Waals surface area contributed by atoms with E-state index in [1.165, 1.54) is 23.1 Å². The van der Waals surface area contributed by atoms with Gasteiger partial charge in [-0.25, -0.2) is 9.69 Å². The molecule has 1 N–H and O–H groups in total. The molecule has 1 saturated heterocycles. The molecule has 29 heavy (non-hydrogen) atoms. The third-order valence-electron chi connectivity index (χ3n) is 4.63. The Morgan fingerprint density at radius 1 is 1.14 bits per heavy atom. The van der Waals surface area contributed by atoms with E-state index in [9.17, 15) is 22.8 Å². The van der Waals surface area contributed by atoms with Crippen molar-refractivity contribution >= 4 is 11.9 Å². The van der Waals surface area contributed by atoms with Gasteiger partial charge in [0.05, 0.1) is 18.3 Å². The van der Waals surface area contributed by atoms with Crippen LogP contribution in [-0.4, -0.2) is 41.6 Å². The zero-order valence-electron chi connectivity index (χ0n) is 15.4. The Bertz CT molecular complexity index is 972. The van der Waals surface area contributed by atoms with Crippen molar-refractivity contribution < 1.29 is 22.8 Å². The van der Waals surface area contributed by atoms with Crippen molar-refractivity contribution in [1.29, 1.82) is 5.26 Å². The van der Waals surface area contributed by atoms with Gasteiger partial charge in [0.1, 0.15) is 0 Å². The van der Waals surface area contributed by atoms with Crippen LogP contribution in [0.1, 0.15) is 16.7 Å². The first-order chi connectivity index (χ1) is 13.7. The lowest BCUT2D eigenvalue weighted by atomic mass is 9.89. The Balaban J connectivity index is 1.85. The number of rotatable bonds is 5. The Morgan fingerprint density at radius 2 is 1.83 bits per heavy atom. The molecule has 2 aromatic rings. The van der Waals surface area contributed by atoms with Crippen LogP contribution in [0.15, 0.2) is 54.6 Å². The van der Waals surface area contributed by atoms with Gasteiger partial charge in [0.25, 0.3) is 5.91 Å². The Labute approximate surface area is 165 Å². The molecule has 0 saturated carbocycles. The number of imide groups is 1. The average Bonchev–Trinajstić information content (AvgIpc) is 2.94. The molecule has 6 nitrogen and oxygen atoms in total. The maximum Gasteiger partial charge on any atom is 0.425 e. The molecule has 1 unspecified atom stereocenters. The predicted molar refractivity (Wildman–Crippen MR) is 97.0 cm³/mol. The second-order valence-corrected chi connectivity index (χ2v) is 6.74. The first-order valence-corrected chi connectivity index (χ1v) is 8.63. The maximum absolute atomic E-state index is 14.0. The average molecular weight is 402 g/mol. The standard InChI is InChI=1S/C20H17F3N4O2/c1-26(12-15-7-5-6-14(10-15)11-24)13-27-17(28)19(20(21,22)23,25-18(27)29)16-8-3-2-4-9-16/h2-10H,12-13H2,1H3,(H,25,29). The van der Waals surface area contributed by atoms with E-state index in [1.807, 2.05) is 11.4 Å². The van der Waals surface area contributed by atoms with Gasteiger partial charge in [-0.05, 0) is 30.3 Å². The van der Waals surface area contributed by atoms with Gasteiger partial charge in [-0.3, -0.25) is 9.69 Å². The number of urea groups is 1. The quantitative estimate of drug-likeness (QED) is 0.781. The third-order valence-corrected chi connectivity index (χ3v) is 4.63. The fourth-order valence-electron chi connectivity index (χ4n) is 3.29. The van der Waals surface area contributed by atoms with Gasteiger partial charge in [-0.1, -0.05) is 42.5 Å². The number of hydrogen-bond acceptors (Lipinski definition) is 4. The van der Waals surface area contributed by atoms with E-state index in [0.717, 1.165) is 17.7 Å². The summed E-state index contributed by atoms with van der Waals surface area (Å²) in [5.41, 5.74) is -2.31. The third kappa shape index (κ3) is 3.67. The van der Waals surface area contributed by atoms with E-state index in [-0.39, 0.29) is 18.8 Å². The van der Waals surface area contributed by atoms with Gasteiger partial charge < -0.3 is 5.32 Å². The molecule has 3 rings (SSSR count). The molecule has 1 heterocycles. The monoisotopic (exact) mass is 402 g/mol. The molecule has 0 aromatic heterocycles. The highest BCUT2D eigenvalue weighted by molar-refractivity contribution is 6.08. The van der Waals surface area contributed by atoms with Crippen LogP contribution in [0.3, 0.4) is 0 Å². The Hall–Kier alpha value is -3.38. The summed E-state index contributed by atoms with van der Waals surface area (Å²) in [6, 6.07) is 14.2. The van der Waals surface area contributed by atoms with Crippen LogP contribution >= 0.6 is 0 Å². The lowest BCUT2D eigenvalue weighted by Gasteiger charge is -2.30. The van der Waals surface area contributed by atoms with E-state index in [1.54, 1.807) is 31.3 Å². The molecule has 1 aliphatic rings. The minimum atomic E-state index is -5.02. The van der Waals surface area contributed by atoms with Gasteiger partial charge in [0, 0.05) is 6.54 Å². The van der Waals surface area contributed by atoms with Crippen LogP contribution in [-0.2, 0) is 16.9 Å². The van der Waals surface area contributed by atoms with Crippen LogP contribution in [0.4, 0.5) is 18.0 Å². The summed E-state index contributed by atoms with van der Waals surface area (Å²) < 4.78 is 41.9. The number of hydrogen-bond donors (Lipinski definition) is 1. The molecule has 150 valence electrons. The van der Waals surface area contributed by atoms with Gasteiger partial charge in [0.15, 0.2) is 0 Å². The largest absolute Gasteiger partial charge is 0.425 e. The number of alkyl halides is 3. The summed E-state index contributed by atoms with van der Waals surface area (Å²) in [7, 11) is 1.57. The van der Waals surface area contributed by atoms with Gasteiger partial charge in [-0.2, -0.15) is 18.4 Å². The molecule has 0 bridgehead atoms. The summed E-state index contributed by atoms with van der Waals surface area (Å²) in [6.07, 6.45) is -5.02. The molecular weight excluding hydrogens is 385 g/mol. The fourth-order valence-corrected chi connectivity index (χ4v) is 3.29. The van der Waals surface area contributed by atoms with Crippen molar-refractivity contribution in [2.75, 3.05) is 13.7 Å². The molecule has 1 atom stereocenters. The van der Waals surface area contributed by atoms with Crippen LogP contribution < -0.4 is 5.32 Å². The van der Waals surface area contributed by atoms with Crippen LogP contribution in [0.25, 0.3) is 0 Å². The SMILES string of the molecule is CN(Cc1cccc(C#N)c1)CN1C(=O)NC(c2ccccc2)(C(F)(F)F)C1=O. The lowest BCUT2D eigenvalue weighted by molar-refractivity contribution is -0.198. The fraction of sp³-hybridized carbons (Fsp3) is 0.250. The summed E-state index contributed by atoms with van der Waals surface area (Å²) >= 11 is 0. The number of halogens is 3. The summed E-state index contributed by atoms with van der Waals surface area (Å²) in [5, 5.41) is 10.8. The molecule has 1 fully saturated rings. The molecule has 0 spiro atoms. The van der Waals surface area contributed by atoms with Crippen LogP contribution in [0.2, 0.25) is 0 Å². The summed E-state index contributed by atoms with van der Waals surface area (Å²) in [4.78, 5) is 27.2. The summed E-state index contributed by atoms with van der Waals surface area (Å²) in [5.74, 6) is -1.38. The van der Waals surface area contributed by atoms with Crippen molar-refractivity contribution in [2.24, 2.45) is 0 Å². The number of amides is 3. The van der Waals surface area contributed by atoms with Crippen molar-refractivity contribution in [3.63, 3.8) is 0 Å². The van der Waals surface area contributed by atoms with Crippen molar-refractivity contribution in [1.82, 2.24) is 15.1 Å². The molecule has 0 aliphatic carbocycles. The lowest BCUT2D eigenvalue weighted by Crippen LogP contribution is -2.56. The number of carbonyl (C=O) groups excluding carboxylic acids is 2. The first kappa shape index (κ1) is 20.4. The van der Waals surface area contributed by atoms with E-state index < -0.39 is 23.7 Å². The molecule has 0 radical (unpaired) electrons. The highest BCUT2D eigenvalue weighted by atomic mass is 19.4. The zero-order valence-corrected chi connectivity index (χ0v) is 15.4.